The van der Waals surface area contributed by atoms with Crippen LogP contribution in [0, 0.1) is 5.92 Å². The first-order chi connectivity index (χ1) is 6.40. The van der Waals surface area contributed by atoms with Crippen LogP contribution in [0.1, 0.15) is 12.8 Å². The minimum absolute atomic E-state index is 0.447. The second-order valence-corrected chi connectivity index (χ2v) is 3.56. The van der Waals surface area contributed by atoms with Gasteiger partial charge >= 0.3 is 0 Å². The number of pyridine rings is 1. The van der Waals surface area contributed by atoms with Gasteiger partial charge in [-0.15, -0.1) is 0 Å². The van der Waals surface area contributed by atoms with Gasteiger partial charge in [-0.3, -0.25) is 4.98 Å². The summed E-state index contributed by atoms with van der Waals surface area (Å²) < 4.78 is 0. The lowest BCUT2D eigenvalue weighted by atomic mass is 10.2. The molecule has 2 rings (SSSR count). The number of hydrogen-bond acceptors (Lipinski definition) is 3. The van der Waals surface area contributed by atoms with Crippen molar-refractivity contribution in [3.8, 4) is 0 Å². The largest absolute Gasteiger partial charge is 0.381 e. The summed E-state index contributed by atoms with van der Waals surface area (Å²) >= 11 is 0. The molecule has 0 radical (unpaired) electrons. The molecule has 1 aromatic heterocycles. The average molecular weight is 177 g/mol. The molecule has 3 heteroatoms. The van der Waals surface area contributed by atoms with Gasteiger partial charge in [0, 0.05) is 30.7 Å². The Kier molecular flexibility index (Phi) is 2.45. The molecule has 1 heterocycles. The Morgan fingerprint density at radius 1 is 1.46 bits per heavy atom. The number of nitrogens with two attached hydrogens (primary N) is 1. The van der Waals surface area contributed by atoms with Crippen LogP contribution in [0.3, 0.4) is 0 Å². The van der Waals surface area contributed by atoms with Crippen molar-refractivity contribution < 1.29 is 0 Å². The molecule has 1 aliphatic rings. The third kappa shape index (κ3) is 2.18. The number of anilines is 1. The van der Waals surface area contributed by atoms with Crippen LogP contribution in [0.4, 0.5) is 5.69 Å². The summed E-state index contributed by atoms with van der Waals surface area (Å²) in [4.78, 5) is 3.97. The highest BCUT2D eigenvalue weighted by atomic mass is 15.0. The van der Waals surface area contributed by atoms with Gasteiger partial charge in [0.1, 0.15) is 0 Å². The summed E-state index contributed by atoms with van der Waals surface area (Å²) in [6, 6.07) is 4.40. The maximum atomic E-state index is 5.68. The molecule has 0 aromatic carbocycles. The fraction of sp³-hybridized carbons (Fsp3) is 0.500. The molecule has 0 aliphatic heterocycles. The molecule has 13 heavy (non-hydrogen) atoms. The van der Waals surface area contributed by atoms with E-state index in [1.165, 1.54) is 12.8 Å². The molecular weight excluding hydrogens is 162 g/mol. The van der Waals surface area contributed by atoms with Gasteiger partial charge in [-0.25, -0.2) is 0 Å². The van der Waals surface area contributed by atoms with Crippen molar-refractivity contribution in [1.29, 1.82) is 0 Å². The molecule has 1 unspecified atom stereocenters. The highest BCUT2D eigenvalue weighted by Crippen LogP contribution is 2.33. The van der Waals surface area contributed by atoms with Crippen molar-refractivity contribution in [2.75, 3.05) is 11.9 Å². The number of hydrogen-bond donors (Lipinski definition) is 2. The van der Waals surface area contributed by atoms with Crippen LogP contribution in [0.5, 0.6) is 0 Å². The zero-order valence-electron chi connectivity index (χ0n) is 7.61. The first kappa shape index (κ1) is 8.51. The first-order valence-electron chi connectivity index (χ1n) is 4.77. The van der Waals surface area contributed by atoms with Gasteiger partial charge in [-0.1, -0.05) is 0 Å². The lowest BCUT2D eigenvalue weighted by Crippen LogP contribution is -2.30. The van der Waals surface area contributed by atoms with E-state index in [4.69, 9.17) is 5.73 Å². The van der Waals surface area contributed by atoms with Crippen molar-refractivity contribution in [2.24, 2.45) is 11.7 Å². The molecule has 0 bridgehead atoms. The summed E-state index contributed by atoms with van der Waals surface area (Å²) in [7, 11) is 0. The third-order valence-corrected chi connectivity index (χ3v) is 2.48. The molecule has 70 valence electrons. The average Bonchev–Trinajstić information content (AvgIpc) is 2.99. The Balaban J connectivity index is 1.95. The van der Waals surface area contributed by atoms with Crippen LogP contribution < -0.4 is 11.1 Å². The fourth-order valence-electron chi connectivity index (χ4n) is 1.53. The van der Waals surface area contributed by atoms with E-state index in [9.17, 15) is 0 Å². The van der Waals surface area contributed by atoms with Crippen LogP contribution in [-0.4, -0.2) is 17.6 Å². The smallest absolute Gasteiger partial charge is 0.0411 e. The molecular formula is C10H15N3. The van der Waals surface area contributed by atoms with E-state index in [0.717, 1.165) is 11.6 Å². The Morgan fingerprint density at radius 3 is 2.69 bits per heavy atom. The monoisotopic (exact) mass is 177 g/mol. The minimum Gasteiger partial charge on any atom is -0.381 e. The minimum atomic E-state index is 0.447. The molecule has 0 spiro atoms. The van der Waals surface area contributed by atoms with Gasteiger partial charge in [0.15, 0.2) is 0 Å². The molecule has 3 N–H and O–H groups in total. The molecule has 0 saturated heterocycles. The lowest BCUT2D eigenvalue weighted by Gasteiger charge is -2.16. The zero-order chi connectivity index (χ0) is 9.10. The van der Waals surface area contributed by atoms with Gasteiger partial charge in [0.05, 0.1) is 0 Å². The van der Waals surface area contributed by atoms with Crippen molar-refractivity contribution in [3.05, 3.63) is 24.5 Å². The number of nitrogens with one attached hydrogen (secondary N) is 1. The normalized spacial score (nSPS) is 18.2. The Morgan fingerprint density at radius 2 is 2.15 bits per heavy atom. The Labute approximate surface area is 78.4 Å². The van der Waals surface area contributed by atoms with E-state index in [-0.39, 0.29) is 0 Å². The second-order valence-electron chi connectivity index (χ2n) is 3.56. The van der Waals surface area contributed by atoms with Crippen LogP contribution in [0.2, 0.25) is 0 Å². The SMILES string of the molecule is NCC(Nc1ccncc1)C1CC1. The van der Waals surface area contributed by atoms with Crippen molar-refractivity contribution in [1.82, 2.24) is 4.98 Å². The van der Waals surface area contributed by atoms with E-state index in [1.807, 2.05) is 12.1 Å². The standard InChI is InChI=1S/C10H15N3/c11-7-10(8-1-2-8)13-9-3-5-12-6-4-9/h3-6,8,10H,1-2,7,11H2,(H,12,13). The maximum absolute atomic E-state index is 5.68. The molecule has 3 nitrogen and oxygen atoms in total. The molecule has 1 atom stereocenters. The zero-order valence-corrected chi connectivity index (χ0v) is 7.61. The highest BCUT2D eigenvalue weighted by Gasteiger charge is 2.29. The van der Waals surface area contributed by atoms with Crippen LogP contribution in [-0.2, 0) is 0 Å². The van der Waals surface area contributed by atoms with Crippen LogP contribution in [0.25, 0.3) is 0 Å². The number of nitrogens with zero attached hydrogens (tertiary/aromatic N) is 1. The highest BCUT2D eigenvalue weighted by molar-refractivity contribution is 5.42. The summed E-state index contributed by atoms with van der Waals surface area (Å²) in [5.41, 5.74) is 6.81. The van der Waals surface area contributed by atoms with Gasteiger partial charge in [0.25, 0.3) is 0 Å². The van der Waals surface area contributed by atoms with Crippen LogP contribution >= 0.6 is 0 Å². The van der Waals surface area contributed by atoms with E-state index in [1.54, 1.807) is 12.4 Å². The van der Waals surface area contributed by atoms with Crippen molar-refractivity contribution in [3.63, 3.8) is 0 Å². The molecule has 1 fully saturated rings. The van der Waals surface area contributed by atoms with E-state index in [0.29, 0.717) is 12.6 Å². The molecule has 1 aliphatic carbocycles. The molecule has 1 aromatic rings. The quantitative estimate of drug-likeness (QED) is 0.727. The maximum Gasteiger partial charge on any atom is 0.0411 e. The van der Waals surface area contributed by atoms with E-state index >= 15 is 0 Å². The number of aromatic nitrogens is 1. The Hall–Kier alpha value is -1.09. The molecule has 1 saturated carbocycles. The summed E-state index contributed by atoms with van der Waals surface area (Å²) in [6.07, 6.45) is 6.23. The topological polar surface area (TPSA) is 50.9 Å². The van der Waals surface area contributed by atoms with Crippen LogP contribution in [0.15, 0.2) is 24.5 Å². The lowest BCUT2D eigenvalue weighted by molar-refractivity contribution is 0.645. The van der Waals surface area contributed by atoms with Crippen molar-refractivity contribution >= 4 is 5.69 Å². The molecule has 0 amide bonds. The van der Waals surface area contributed by atoms with Gasteiger partial charge in [-0.05, 0) is 30.9 Å². The number of rotatable bonds is 4. The third-order valence-electron chi connectivity index (χ3n) is 2.48. The first-order valence-corrected chi connectivity index (χ1v) is 4.77. The Bertz CT molecular complexity index is 256. The summed E-state index contributed by atoms with van der Waals surface area (Å²) in [5.74, 6) is 0.790. The predicted octanol–water partition coefficient (Wildman–Crippen LogP) is 1.23. The van der Waals surface area contributed by atoms with E-state index < -0.39 is 0 Å². The fourth-order valence-corrected chi connectivity index (χ4v) is 1.53. The van der Waals surface area contributed by atoms with Gasteiger partial charge in [0.2, 0.25) is 0 Å². The van der Waals surface area contributed by atoms with E-state index in [2.05, 4.69) is 10.3 Å². The van der Waals surface area contributed by atoms with Crippen molar-refractivity contribution in [2.45, 2.75) is 18.9 Å². The summed E-state index contributed by atoms with van der Waals surface area (Å²) in [5, 5.41) is 3.43. The van der Waals surface area contributed by atoms with Gasteiger partial charge < -0.3 is 11.1 Å². The van der Waals surface area contributed by atoms with Gasteiger partial charge in [-0.2, -0.15) is 0 Å². The second kappa shape index (κ2) is 3.75. The summed E-state index contributed by atoms with van der Waals surface area (Å²) in [6.45, 7) is 0.715. The predicted molar refractivity (Wildman–Crippen MR) is 53.4 cm³/mol.